The Balaban J connectivity index is 1.87. The molecule has 134 valence electrons. The molecular formula is C17H22N4O3S. The van der Waals surface area contributed by atoms with Crippen molar-refractivity contribution in [1.29, 1.82) is 0 Å². The van der Waals surface area contributed by atoms with Gasteiger partial charge < -0.3 is 10.2 Å². The number of amides is 2. The molecule has 2 heterocycles. The van der Waals surface area contributed by atoms with E-state index in [1.165, 1.54) is 9.21 Å². The number of carbonyl (C=O) groups excluding carboxylic acids is 1. The lowest BCUT2D eigenvalue weighted by Gasteiger charge is -2.33. The van der Waals surface area contributed by atoms with Gasteiger partial charge in [0.25, 0.3) is 0 Å². The Bertz CT molecular complexity index is 877. The molecule has 2 amide bonds. The zero-order valence-electron chi connectivity index (χ0n) is 14.3. The molecule has 7 nitrogen and oxygen atoms in total. The van der Waals surface area contributed by atoms with E-state index in [9.17, 15) is 13.2 Å². The summed E-state index contributed by atoms with van der Waals surface area (Å²) in [5, 5.41) is 4.33. The van der Waals surface area contributed by atoms with Gasteiger partial charge in [-0.05, 0) is 25.0 Å². The fourth-order valence-corrected chi connectivity index (χ4v) is 4.78. The van der Waals surface area contributed by atoms with Gasteiger partial charge in [0.15, 0.2) is 0 Å². The van der Waals surface area contributed by atoms with Gasteiger partial charge >= 0.3 is 6.03 Å². The van der Waals surface area contributed by atoms with Crippen molar-refractivity contribution in [2.75, 3.05) is 27.2 Å². The highest BCUT2D eigenvalue weighted by molar-refractivity contribution is 7.89. The molecule has 1 fully saturated rings. The molecule has 0 saturated carbocycles. The minimum absolute atomic E-state index is 0.185. The van der Waals surface area contributed by atoms with Crippen molar-refractivity contribution in [3.05, 3.63) is 36.7 Å². The van der Waals surface area contributed by atoms with Crippen molar-refractivity contribution in [3.63, 3.8) is 0 Å². The molecule has 1 saturated heterocycles. The van der Waals surface area contributed by atoms with Crippen LogP contribution in [0.3, 0.4) is 0 Å². The third-order valence-corrected chi connectivity index (χ3v) is 6.30. The second-order valence-corrected chi connectivity index (χ2v) is 8.31. The molecule has 1 atom stereocenters. The summed E-state index contributed by atoms with van der Waals surface area (Å²) in [6, 6.07) is 6.52. The standard InChI is InChI=1S/C17H22N4O3S/c1-20(2)17(22)19-14-6-4-10-21(12-14)25(23,24)16-7-3-5-13-11-18-9-8-15(13)16/h3,5,7-9,11,14H,4,6,10,12H2,1-2H3,(H,19,22). The van der Waals surface area contributed by atoms with Crippen LogP contribution in [0.25, 0.3) is 10.8 Å². The number of rotatable bonds is 3. The molecule has 25 heavy (non-hydrogen) atoms. The summed E-state index contributed by atoms with van der Waals surface area (Å²) in [6.45, 7) is 0.738. The highest BCUT2D eigenvalue weighted by Gasteiger charge is 2.32. The first kappa shape index (κ1) is 17.6. The van der Waals surface area contributed by atoms with Gasteiger partial charge in [-0.25, -0.2) is 13.2 Å². The van der Waals surface area contributed by atoms with E-state index >= 15 is 0 Å². The maximum Gasteiger partial charge on any atom is 0.317 e. The van der Waals surface area contributed by atoms with Crippen molar-refractivity contribution in [2.24, 2.45) is 0 Å². The van der Waals surface area contributed by atoms with Gasteiger partial charge in [-0.3, -0.25) is 4.98 Å². The van der Waals surface area contributed by atoms with Crippen LogP contribution in [-0.4, -0.2) is 61.9 Å². The largest absolute Gasteiger partial charge is 0.334 e. The number of nitrogens with one attached hydrogen (secondary N) is 1. The fourth-order valence-electron chi connectivity index (χ4n) is 3.04. The Morgan fingerprint density at radius 1 is 1.32 bits per heavy atom. The van der Waals surface area contributed by atoms with Crippen LogP contribution in [0.4, 0.5) is 4.79 Å². The Labute approximate surface area is 147 Å². The molecule has 0 spiro atoms. The second kappa shape index (κ2) is 6.97. The van der Waals surface area contributed by atoms with E-state index in [4.69, 9.17) is 0 Å². The third-order valence-electron chi connectivity index (χ3n) is 4.38. The van der Waals surface area contributed by atoms with Crippen molar-refractivity contribution < 1.29 is 13.2 Å². The number of aromatic nitrogens is 1. The Kier molecular flexibility index (Phi) is 4.91. The number of hydrogen-bond donors (Lipinski definition) is 1. The monoisotopic (exact) mass is 362 g/mol. The third kappa shape index (κ3) is 3.59. The van der Waals surface area contributed by atoms with Crippen LogP contribution >= 0.6 is 0 Å². The van der Waals surface area contributed by atoms with Crippen molar-refractivity contribution >= 4 is 26.8 Å². The van der Waals surface area contributed by atoms with Gasteiger partial charge in [0.05, 0.1) is 4.90 Å². The van der Waals surface area contributed by atoms with E-state index in [1.807, 2.05) is 6.07 Å². The summed E-state index contributed by atoms with van der Waals surface area (Å²) in [5.74, 6) is 0. The zero-order chi connectivity index (χ0) is 18.0. The summed E-state index contributed by atoms with van der Waals surface area (Å²) >= 11 is 0. The Hall–Kier alpha value is -2.19. The molecule has 1 N–H and O–H groups in total. The van der Waals surface area contributed by atoms with Crippen LogP contribution in [0, 0.1) is 0 Å². The maximum atomic E-state index is 13.1. The van der Waals surface area contributed by atoms with Crippen molar-refractivity contribution in [1.82, 2.24) is 19.5 Å². The summed E-state index contributed by atoms with van der Waals surface area (Å²) in [6.07, 6.45) is 4.73. The molecule has 0 bridgehead atoms. The number of sulfonamides is 1. The molecule has 2 aromatic rings. The molecule has 1 unspecified atom stereocenters. The minimum atomic E-state index is -3.64. The lowest BCUT2D eigenvalue weighted by Crippen LogP contribution is -2.51. The van der Waals surface area contributed by atoms with Gasteiger partial charge in [0.2, 0.25) is 10.0 Å². The predicted octanol–water partition coefficient (Wildman–Crippen LogP) is 1.66. The van der Waals surface area contributed by atoms with Crippen LogP contribution in [0.2, 0.25) is 0 Å². The molecule has 3 rings (SSSR count). The van der Waals surface area contributed by atoms with Crippen LogP contribution in [0.5, 0.6) is 0 Å². The van der Waals surface area contributed by atoms with Gasteiger partial charge in [-0.15, -0.1) is 0 Å². The van der Waals surface area contributed by atoms with Crippen LogP contribution < -0.4 is 5.32 Å². The summed E-state index contributed by atoms with van der Waals surface area (Å²) < 4.78 is 27.8. The highest BCUT2D eigenvalue weighted by atomic mass is 32.2. The average Bonchev–Trinajstić information content (AvgIpc) is 2.61. The summed E-state index contributed by atoms with van der Waals surface area (Å²) in [7, 11) is -0.310. The topological polar surface area (TPSA) is 82.6 Å². The molecule has 0 radical (unpaired) electrons. The molecular weight excluding hydrogens is 340 g/mol. The van der Waals surface area contributed by atoms with Crippen LogP contribution in [-0.2, 0) is 10.0 Å². The molecule has 1 aliphatic rings. The molecule has 8 heteroatoms. The number of fused-ring (bicyclic) bond motifs is 1. The number of nitrogens with zero attached hydrogens (tertiary/aromatic N) is 3. The molecule has 1 aromatic heterocycles. The van der Waals surface area contributed by atoms with Crippen molar-refractivity contribution in [3.8, 4) is 0 Å². The van der Waals surface area contributed by atoms with E-state index in [-0.39, 0.29) is 23.5 Å². The second-order valence-electron chi connectivity index (χ2n) is 6.40. The van der Waals surface area contributed by atoms with E-state index in [1.54, 1.807) is 44.7 Å². The quantitative estimate of drug-likeness (QED) is 0.900. The Morgan fingerprint density at radius 3 is 2.88 bits per heavy atom. The molecule has 1 aromatic carbocycles. The summed E-state index contributed by atoms with van der Waals surface area (Å²) in [5.41, 5.74) is 0. The van der Waals surface area contributed by atoms with Crippen LogP contribution in [0.1, 0.15) is 12.8 Å². The number of carbonyl (C=O) groups is 1. The SMILES string of the molecule is CN(C)C(=O)NC1CCCN(S(=O)(=O)c2cccc3cnccc23)C1. The van der Waals surface area contributed by atoms with E-state index in [2.05, 4.69) is 10.3 Å². The summed E-state index contributed by atoms with van der Waals surface area (Å²) in [4.78, 5) is 17.6. The lowest BCUT2D eigenvalue weighted by atomic mass is 10.1. The lowest BCUT2D eigenvalue weighted by molar-refractivity contribution is 0.203. The fraction of sp³-hybridized carbons (Fsp3) is 0.412. The molecule has 1 aliphatic heterocycles. The van der Waals surface area contributed by atoms with E-state index in [0.717, 1.165) is 11.8 Å². The maximum absolute atomic E-state index is 13.1. The highest BCUT2D eigenvalue weighted by Crippen LogP contribution is 2.27. The number of benzene rings is 1. The van der Waals surface area contributed by atoms with Crippen LogP contribution in [0.15, 0.2) is 41.6 Å². The number of piperidine rings is 1. The van der Waals surface area contributed by atoms with E-state index in [0.29, 0.717) is 18.4 Å². The zero-order valence-corrected chi connectivity index (χ0v) is 15.2. The average molecular weight is 362 g/mol. The normalized spacial score (nSPS) is 18.9. The Morgan fingerprint density at radius 2 is 2.12 bits per heavy atom. The van der Waals surface area contributed by atoms with Gasteiger partial charge in [-0.2, -0.15) is 4.31 Å². The van der Waals surface area contributed by atoms with Gasteiger partial charge in [-0.1, -0.05) is 12.1 Å². The number of hydrogen-bond acceptors (Lipinski definition) is 4. The molecule has 0 aliphatic carbocycles. The first-order chi connectivity index (χ1) is 11.9. The van der Waals surface area contributed by atoms with Gasteiger partial charge in [0, 0.05) is 56.4 Å². The first-order valence-corrected chi connectivity index (χ1v) is 9.64. The predicted molar refractivity (Wildman–Crippen MR) is 95.7 cm³/mol. The minimum Gasteiger partial charge on any atom is -0.334 e. The van der Waals surface area contributed by atoms with E-state index < -0.39 is 10.0 Å². The smallest absolute Gasteiger partial charge is 0.317 e. The first-order valence-electron chi connectivity index (χ1n) is 8.20. The van der Waals surface area contributed by atoms with Gasteiger partial charge in [0.1, 0.15) is 0 Å². The van der Waals surface area contributed by atoms with Crippen molar-refractivity contribution in [2.45, 2.75) is 23.8 Å². The number of pyridine rings is 1. The number of urea groups is 1.